The van der Waals surface area contributed by atoms with Gasteiger partial charge in [-0.3, -0.25) is 9.69 Å². The second-order valence-corrected chi connectivity index (χ2v) is 8.27. The minimum Gasteiger partial charge on any atom is -0.379 e. The molecule has 8 heteroatoms. The van der Waals surface area contributed by atoms with Gasteiger partial charge in [0.05, 0.1) is 37.8 Å². The Balaban J connectivity index is 1.56. The van der Waals surface area contributed by atoms with E-state index < -0.39 is 11.6 Å². The highest BCUT2D eigenvalue weighted by Gasteiger charge is 2.55. The fourth-order valence-corrected chi connectivity index (χ4v) is 4.80. The lowest BCUT2D eigenvalue weighted by atomic mass is 10.1. The monoisotopic (exact) mass is 416 g/mol. The third kappa shape index (κ3) is 3.35. The van der Waals surface area contributed by atoms with E-state index in [-0.39, 0.29) is 5.91 Å². The summed E-state index contributed by atoms with van der Waals surface area (Å²) in [4.78, 5) is 16.0. The zero-order valence-corrected chi connectivity index (χ0v) is 16.6. The summed E-state index contributed by atoms with van der Waals surface area (Å²) in [6.45, 7) is 3.97. The summed E-state index contributed by atoms with van der Waals surface area (Å²) < 4.78 is 33.4. The number of nitrogens with zero attached hydrogens (tertiary/aromatic N) is 2. The van der Waals surface area contributed by atoms with Crippen molar-refractivity contribution in [3.8, 4) is 0 Å². The standard InChI is InChI=1S/C21H21FN2O4S/c22-15-3-1-4-16(13-15)24-19-6-5-17(29-23-7-11-26-12-8-23)14-18(19)21(20(24)25)27-9-2-10-28-21/h1,3-6,13-14H,2,7-12H2. The summed E-state index contributed by atoms with van der Waals surface area (Å²) in [7, 11) is 0. The highest BCUT2D eigenvalue weighted by molar-refractivity contribution is 7.97. The summed E-state index contributed by atoms with van der Waals surface area (Å²) in [5, 5.41) is 0. The van der Waals surface area contributed by atoms with Crippen molar-refractivity contribution in [1.29, 1.82) is 0 Å². The molecule has 0 saturated carbocycles. The van der Waals surface area contributed by atoms with E-state index in [1.807, 2.05) is 18.2 Å². The third-order valence-electron chi connectivity index (χ3n) is 5.22. The topological polar surface area (TPSA) is 51.2 Å². The zero-order chi connectivity index (χ0) is 19.8. The molecular formula is C21H21FN2O4S. The highest BCUT2D eigenvalue weighted by Crippen LogP contribution is 2.49. The van der Waals surface area contributed by atoms with Crippen LogP contribution in [0.2, 0.25) is 0 Å². The van der Waals surface area contributed by atoms with E-state index >= 15 is 0 Å². The van der Waals surface area contributed by atoms with Gasteiger partial charge in [-0.1, -0.05) is 6.07 Å². The minimum absolute atomic E-state index is 0.341. The smallest absolute Gasteiger partial charge is 0.297 e. The molecule has 2 aromatic rings. The Labute approximate surface area is 172 Å². The molecule has 2 aromatic carbocycles. The Morgan fingerprint density at radius 2 is 1.79 bits per heavy atom. The maximum atomic E-state index is 13.9. The number of anilines is 2. The molecular weight excluding hydrogens is 395 g/mol. The molecule has 29 heavy (non-hydrogen) atoms. The molecule has 0 unspecified atom stereocenters. The summed E-state index contributed by atoms with van der Waals surface area (Å²) in [6, 6.07) is 11.8. The van der Waals surface area contributed by atoms with E-state index in [1.165, 1.54) is 17.0 Å². The van der Waals surface area contributed by atoms with E-state index in [0.717, 1.165) is 24.4 Å². The first kappa shape index (κ1) is 19.0. The van der Waals surface area contributed by atoms with Crippen molar-refractivity contribution in [2.75, 3.05) is 44.4 Å². The summed E-state index contributed by atoms with van der Waals surface area (Å²) >= 11 is 1.63. The maximum Gasteiger partial charge on any atom is 0.297 e. The summed E-state index contributed by atoms with van der Waals surface area (Å²) in [5.74, 6) is -2.21. The summed E-state index contributed by atoms with van der Waals surface area (Å²) in [5.41, 5.74) is 1.79. The van der Waals surface area contributed by atoms with Crippen molar-refractivity contribution in [1.82, 2.24) is 4.31 Å². The Kier molecular flexibility index (Phi) is 5.05. The molecule has 2 saturated heterocycles. The normalized spacial score (nSPS) is 21.6. The van der Waals surface area contributed by atoms with Crippen LogP contribution in [0.25, 0.3) is 0 Å². The Hall–Kier alpha value is -1.97. The van der Waals surface area contributed by atoms with Gasteiger partial charge in [-0.15, -0.1) is 0 Å². The quantitative estimate of drug-likeness (QED) is 0.715. The van der Waals surface area contributed by atoms with Gasteiger partial charge in [0.25, 0.3) is 11.7 Å². The van der Waals surface area contributed by atoms with E-state index in [9.17, 15) is 9.18 Å². The van der Waals surface area contributed by atoms with Crippen LogP contribution in [0, 0.1) is 5.82 Å². The van der Waals surface area contributed by atoms with Crippen LogP contribution in [0.5, 0.6) is 0 Å². The first-order valence-corrected chi connectivity index (χ1v) is 10.5. The number of benzene rings is 2. The second kappa shape index (κ2) is 7.70. The van der Waals surface area contributed by atoms with Gasteiger partial charge in [-0.25, -0.2) is 8.70 Å². The van der Waals surface area contributed by atoms with E-state index in [2.05, 4.69) is 4.31 Å². The molecule has 3 aliphatic heterocycles. The number of ether oxygens (including phenoxy) is 3. The van der Waals surface area contributed by atoms with Crippen molar-refractivity contribution in [3.05, 3.63) is 53.8 Å². The molecule has 0 atom stereocenters. The Morgan fingerprint density at radius 3 is 2.55 bits per heavy atom. The number of hydrogen-bond donors (Lipinski definition) is 0. The maximum absolute atomic E-state index is 13.9. The number of halogens is 1. The summed E-state index contributed by atoms with van der Waals surface area (Å²) in [6.07, 6.45) is 0.729. The average molecular weight is 416 g/mol. The van der Waals surface area contributed by atoms with Gasteiger partial charge in [-0.2, -0.15) is 0 Å². The lowest BCUT2D eigenvalue weighted by molar-refractivity contribution is -0.256. The van der Waals surface area contributed by atoms with Gasteiger partial charge < -0.3 is 14.2 Å². The second-order valence-electron chi connectivity index (χ2n) is 7.10. The fraction of sp³-hybridized carbons (Fsp3) is 0.381. The SMILES string of the molecule is O=C1N(c2cccc(F)c2)c2ccc(SN3CCOCC3)cc2C12OCCCO2. The molecule has 0 bridgehead atoms. The van der Waals surface area contributed by atoms with Crippen molar-refractivity contribution < 1.29 is 23.4 Å². The number of carbonyl (C=O) groups excluding carboxylic acids is 1. The number of carbonyl (C=O) groups is 1. The highest BCUT2D eigenvalue weighted by atomic mass is 32.2. The molecule has 3 heterocycles. The van der Waals surface area contributed by atoms with Crippen molar-refractivity contribution in [2.45, 2.75) is 17.1 Å². The van der Waals surface area contributed by atoms with Crippen molar-refractivity contribution >= 4 is 29.2 Å². The van der Waals surface area contributed by atoms with Crippen LogP contribution in [0.15, 0.2) is 47.4 Å². The molecule has 0 aliphatic carbocycles. The average Bonchev–Trinajstić information content (AvgIpc) is 2.97. The number of rotatable bonds is 3. The molecule has 0 N–H and O–H groups in total. The van der Waals surface area contributed by atoms with E-state index in [0.29, 0.717) is 43.4 Å². The van der Waals surface area contributed by atoms with Crippen LogP contribution >= 0.6 is 11.9 Å². The van der Waals surface area contributed by atoms with E-state index in [1.54, 1.807) is 24.1 Å². The lowest BCUT2D eigenvalue weighted by Gasteiger charge is -2.32. The van der Waals surface area contributed by atoms with Crippen LogP contribution in [-0.4, -0.2) is 49.7 Å². The molecule has 1 amide bonds. The Bertz CT molecular complexity index is 929. The Morgan fingerprint density at radius 1 is 1.00 bits per heavy atom. The van der Waals surface area contributed by atoms with Crippen LogP contribution in [0.1, 0.15) is 12.0 Å². The predicted molar refractivity (Wildman–Crippen MR) is 106 cm³/mol. The molecule has 152 valence electrons. The predicted octanol–water partition coefficient (Wildman–Crippen LogP) is 3.43. The number of amides is 1. The minimum atomic E-state index is -1.47. The van der Waals surface area contributed by atoms with Crippen molar-refractivity contribution in [3.63, 3.8) is 0 Å². The van der Waals surface area contributed by atoms with Gasteiger partial charge in [0.15, 0.2) is 0 Å². The van der Waals surface area contributed by atoms with Gasteiger partial charge in [0.1, 0.15) is 5.82 Å². The zero-order valence-electron chi connectivity index (χ0n) is 15.8. The van der Waals surface area contributed by atoms with Gasteiger partial charge in [0, 0.05) is 23.5 Å². The molecule has 5 rings (SSSR count). The fourth-order valence-electron chi connectivity index (χ4n) is 3.87. The molecule has 1 spiro atoms. The van der Waals surface area contributed by atoms with Crippen LogP contribution in [-0.2, 0) is 24.8 Å². The first-order chi connectivity index (χ1) is 14.2. The molecule has 3 aliphatic rings. The lowest BCUT2D eigenvalue weighted by Crippen LogP contribution is -2.46. The van der Waals surface area contributed by atoms with Gasteiger partial charge in [0.2, 0.25) is 0 Å². The van der Waals surface area contributed by atoms with Gasteiger partial charge >= 0.3 is 0 Å². The van der Waals surface area contributed by atoms with Crippen LogP contribution in [0.3, 0.4) is 0 Å². The van der Waals surface area contributed by atoms with Gasteiger partial charge in [-0.05, 0) is 54.8 Å². The van der Waals surface area contributed by atoms with Crippen LogP contribution < -0.4 is 4.90 Å². The largest absolute Gasteiger partial charge is 0.379 e. The number of hydrogen-bond acceptors (Lipinski definition) is 6. The third-order valence-corrected chi connectivity index (χ3v) is 6.31. The molecule has 0 aromatic heterocycles. The number of morpholine rings is 1. The first-order valence-electron chi connectivity index (χ1n) is 9.71. The number of fused-ring (bicyclic) bond motifs is 2. The molecule has 0 radical (unpaired) electrons. The van der Waals surface area contributed by atoms with Crippen LogP contribution in [0.4, 0.5) is 15.8 Å². The van der Waals surface area contributed by atoms with Crippen molar-refractivity contribution in [2.24, 2.45) is 0 Å². The molecule has 6 nitrogen and oxygen atoms in total. The molecule has 2 fully saturated rings. The van der Waals surface area contributed by atoms with E-state index in [4.69, 9.17) is 14.2 Å².